The van der Waals surface area contributed by atoms with Crippen molar-refractivity contribution in [3.63, 3.8) is 0 Å². The lowest BCUT2D eigenvalue weighted by Crippen LogP contribution is -2.47. The van der Waals surface area contributed by atoms with Gasteiger partial charge in [-0.2, -0.15) is 0 Å². The van der Waals surface area contributed by atoms with Crippen LogP contribution in [0.4, 0.5) is 10.5 Å². The monoisotopic (exact) mass is 345 g/mol. The molecular weight excluding hydrogens is 322 g/mol. The molecule has 7 nitrogen and oxygen atoms in total. The highest BCUT2D eigenvalue weighted by molar-refractivity contribution is 5.95. The van der Waals surface area contributed by atoms with Gasteiger partial charge >= 0.3 is 12.0 Å². The number of nitrogens with one attached hydrogen (secondary N) is 2. The molecule has 0 aromatic heterocycles. The average Bonchev–Trinajstić information content (AvgIpc) is 2.59. The lowest BCUT2D eigenvalue weighted by Gasteiger charge is -2.34. The second-order valence-electron chi connectivity index (χ2n) is 6.29. The molecule has 3 amide bonds. The Morgan fingerprint density at radius 2 is 1.96 bits per heavy atom. The van der Waals surface area contributed by atoms with Crippen molar-refractivity contribution in [2.24, 2.45) is 11.8 Å². The van der Waals surface area contributed by atoms with Gasteiger partial charge < -0.3 is 20.6 Å². The van der Waals surface area contributed by atoms with E-state index in [1.807, 2.05) is 6.92 Å². The van der Waals surface area contributed by atoms with Crippen LogP contribution >= 0.6 is 0 Å². The third-order valence-electron chi connectivity index (χ3n) is 4.10. The van der Waals surface area contributed by atoms with Crippen molar-refractivity contribution in [2.75, 3.05) is 25.0 Å². The number of amides is 3. The number of aliphatic carboxylic acids is 1. The number of carbonyl (C=O) groups excluding carboxylic acids is 2. The zero-order valence-corrected chi connectivity index (χ0v) is 14.2. The SMILES string of the molecule is C=CCNC(=O)c1ccc(NC(=O)N2CC(C)CC(C(=O)O)C2)cc1. The molecule has 1 saturated heterocycles. The van der Waals surface area contributed by atoms with Crippen LogP contribution in [-0.4, -0.2) is 47.5 Å². The van der Waals surface area contributed by atoms with E-state index in [9.17, 15) is 19.5 Å². The van der Waals surface area contributed by atoms with E-state index in [0.717, 1.165) is 0 Å². The zero-order valence-electron chi connectivity index (χ0n) is 14.2. The van der Waals surface area contributed by atoms with Crippen LogP contribution in [0.2, 0.25) is 0 Å². The summed E-state index contributed by atoms with van der Waals surface area (Å²) in [5.41, 5.74) is 1.03. The van der Waals surface area contributed by atoms with Gasteiger partial charge in [0.2, 0.25) is 0 Å². The number of anilines is 1. The van der Waals surface area contributed by atoms with Gasteiger partial charge in [-0.25, -0.2) is 4.79 Å². The van der Waals surface area contributed by atoms with E-state index >= 15 is 0 Å². The fraction of sp³-hybridized carbons (Fsp3) is 0.389. The molecule has 2 rings (SSSR count). The highest BCUT2D eigenvalue weighted by Gasteiger charge is 2.31. The number of carbonyl (C=O) groups is 3. The lowest BCUT2D eigenvalue weighted by molar-refractivity contribution is -0.143. The number of rotatable bonds is 5. The van der Waals surface area contributed by atoms with Gasteiger partial charge in [-0.1, -0.05) is 13.0 Å². The minimum absolute atomic E-state index is 0.136. The van der Waals surface area contributed by atoms with Gasteiger partial charge in [0.1, 0.15) is 0 Å². The molecule has 0 spiro atoms. The molecule has 0 saturated carbocycles. The predicted octanol–water partition coefficient (Wildman–Crippen LogP) is 2.18. The Bertz CT molecular complexity index is 657. The first-order chi connectivity index (χ1) is 11.9. The van der Waals surface area contributed by atoms with Crippen molar-refractivity contribution in [2.45, 2.75) is 13.3 Å². The minimum Gasteiger partial charge on any atom is -0.481 e. The van der Waals surface area contributed by atoms with Crippen LogP contribution in [0, 0.1) is 11.8 Å². The van der Waals surface area contributed by atoms with Crippen LogP contribution in [0.5, 0.6) is 0 Å². The maximum Gasteiger partial charge on any atom is 0.321 e. The number of benzene rings is 1. The molecule has 1 aliphatic rings. The molecule has 0 aliphatic carbocycles. The summed E-state index contributed by atoms with van der Waals surface area (Å²) in [5, 5.41) is 14.6. The number of carboxylic acid groups (broad SMARTS) is 1. The number of piperidine rings is 1. The van der Waals surface area contributed by atoms with E-state index in [4.69, 9.17) is 0 Å². The molecule has 0 radical (unpaired) electrons. The van der Waals surface area contributed by atoms with Gasteiger partial charge in [-0.15, -0.1) is 6.58 Å². The number of carboxylic acids is 1. The summed E-state index contributed by atoms with van der Waals surface area (Å²) < 4.78 is 0. The van der Waals surface area contributed by atoms with Crippen LogP contribution < -0.4 is 10.6 Å². The molecule has 1 aromatic carbocycles. The predicted molar refractivity (Wildman–Crippen MR) is 94.5 cm³/mol. The maximum absolute atomic E-state index is 12.4. The van der Waals surface area contributed by atoms with Gasteiger partial charge in [-0.3, -0.25) is 9.59 Å². The quantitative estimate of drug-likeness (QED) is 0.712. The van der Waals surface area contributed by atoms with Crippen molar-refractivity contribution in [3.8, 4) is 0 Å². The first kappa shape index (κ1) is 18.5. The van der Waals surface area contributed by atoms with E-state index < -0.39 is 11.9 Å². The fourth-order valence-corrected chi connectivity index (χ4v) is 2.87. The van der Waals surface area contributed by atoms with E-state index in [2.05, 4.69) is 17.2 Å². The van der Waals surface area contributed by atoms with Gasteiger partial charge in [-0.05, 0) is 36.6 Å². The number of hydrogen-bond donors (Lipinski definition) is 3. The topological polar surface area (TPSA) is 98.7 Å². The summed E-state index contributed by atoms with van der Waals surface area (Å²) in [6.07, 6.45) is 2.17. The summed E-state index contributed by atoms with van der Waals surface area (Å²) in [4.78, 5) is 36.9. The van der Waals surface area contributed by atoms with Crippen molar-refractivity contribution < 1.29 is 19.5 Å². The zero-order chi connectivity index (χ0) is 18.4. The van der Waals surface area contributed by atoms with E-state index in [1.165, 1.54) is 4.90 Å². The van der Waals surface area contributed by atoms with Crippen LogP contribution in [-0.2, 0) is 4.79 Å². The Morgan fingerprint density at radius 1 is 1.28 bits per heavy atom. The number of likely N-dealkylation sites (tertiary alicyclic amines) is 1. The molecule has 3 N–H and O–H groups in total. The van der Waals surface area contributed by atoms with Gasteiger partial charge in [0.25, 0.3) is 5.91 Å². The summed E-state index contributed by atoms with van der Waals surface area (Å²) in [7, 11) is 0. The molecule has 1 aromatic rings. The third kappa shape index (κ3) is 5.07. The first-order valence-electron chi connectivity index (χ1n) is 8.18. The molecule has 2 atom stereocenters. The number of hydrogen-bond acceptors (Lipinski definition) is 3. The smallest absolute Gasteiger partial charge is 0.321 e. The Balaban J connectivity index is 1.97. The van der Waals surface area contributed by atoms with Crippen LogP contribution in [0.25, 0.3) is 0 Å². The average molecular weight is 345 g/mol. The standard InChI is InChI=1S/C18H23N3O4/c1-3-8-19-16(22)13-4-6-15(7-5-13)20-18(25)21-10-12(2)9-14(11-21)17(23)24/h3-7,12,14H,1,8-11H2,2H3,(H,19,22)(H,20,25)(H,23,24). The molecule has 134 valence electrons. The summed E-state index contributed by atoms with van der Waals surface area (Å²) >= 11 is 0. The highest BCUT2D eigenvalue weighted by atomic mass is 16.4. The van der Waals surface area contributed by atoms with E-state index in [0.29, 0.717) is 30.8 Å². The molecular formula is C18H23N3O4. The van der Waals surface area contributed by atoms with E-state index in [1.54, 1.807) is 30.3 Å². The lowest BCUT2D eigenvalue weighted by atomic mass is 9.91. The summed E-state index contributed by atoms with van der Waals surface area (Å²) in [6.45, 7) is 6.58. The molecule has 1 heterocycles. The van der Waals surface area contributed by atoms with Crippen molar-refractivity contribution >= 4 is 23.6 Å². The second-order valence-corrected chi connectivity index (χ2v) is 6.29. The van der Waals surface area contributed by atoms with E-state index in [-0.39, 0.29) is 24.4 Å². The maximum atomic E-state index is 12.4. The highest BCUT2D eigenvalue weighted by Crippen LogP contribution is 2.22. The Kier molecular flexibility index (Phi) is 6.16. The second kappa shape index (κ2) is 8.32. The summed E-state index contributed by atoms with van der Waals surface area (Å²) in [5.74, 6) is -1.49. The Labute approximate surface area is 146 Å². The van der Waals surface area contributed by atoms with Gasteiger partial charge in [0, 0.05) is 30.9 Å². The van der Waals surface area contributed by atoms with Crippen molar-refractivity contribution in [3.05, 3.63) is 42.5 Å². The summed E-state index contributed by atoms with van der Waals surface area (Å²) in [6, 6.07) is 6.19. The number of nitrogens with zero attached hydrogens (tertiary/aromatic N) is 1. The molecule has 2 unspecified atom stereocenters. The molecule has 25 heavy (non-hydrogen) atoms. The molecule has 1 fully saturated rings. The molecule has 7 heteroatoms. The first-order valence-corrected chi connectivity index (χ1v) is 8.18. The van der Waals surface area contributed by atoms with Crippen LogP contribution in [0.3, 0.4) is 0 Å². The largest absolute Gasteiger partial charge is 0.481 e. The Hall–Kier alpha value is -2.83. The third-order valence-corrected chi connectivity index (χ3v) is 4.10. The fourth-order valence-electron chi connectivity index (χ4n) is 2.87. The van der Waals surface area contributed by atoms with Crippen LogP contribution in [0.15, 0.2) is 36.9 Å². The normalized spacial score (nSPS) is 19.8. The molecule has 0 bridgehead atoms. The van der Waals surface area contributed by atoms with Crippen molar-refractivity contribution in [1.29, 1.82) is 0 Å². The number of urea groups is 1. The minimum atomic E-state index is -0.876. The van der Waals surface area contributed by atoms with Gasteiger partial charge in [0.05, 0.1) is 5.92 Å². The van der Waals surface area contributed by atoms with Crippen LogP contribution in [0.1, 0.15) is 23.7 Å². The molecule has 1 aliphatic heterocycles. The van der Waals surface area contributed by atoms with Crippen molar-refractivity contribution in [1.82, 2.24) is 10.2 Å². The Morgan fingerprint density at radius 3 is 2.56 bits per heavy atom. The van der Waals surface area contributed by atoms with Gasteiger partial charge in [0.15, 0.2) is 0 Å².